The second-order valence-corrected chi connectivity index (χ2v) is 6.92. The minimum Gasteiger partial charge on any atom is -0.297 e. The number of Topliss-reactive ketones (excluding diaryl/α,β-unsaturated/α-hetero) is 1. The van der Waals surface area contributed by atoms with Gasteiger partial charge in [0.25, 0.3) is 0 Å². The van der Waals surface area contributed by atoms with Crippen LogP contribution in [0.15, 0.2) is 0 Å². The molecule has 0 rings (SSSR count). The number of carbonyl (C=O) groups is 1. The summed E-state index contributed by atoms with van der Waals surface area (Å²) in [7, 11) is -3.34. The number of alkyl halides is 1. The van der Waals surface area contributed by atoms with Crippen molar-refractivity contribution in [3.05, 3.63) is 0 Å². The van der Waals surface area contributed by atoms with Crippen LogP contribution in [0.5, 0.6) is 0 Å². The van der Waals surface area contributed by atoms with Crippen molar-refractivity contribution in [2.24, 2.45) is 0 Å². The van der Waals surface area contributed by atoms with E-state index >= 15 is 0 Å². The van der Waals surface area contributed by atoms with Crippen molar-refractivity contribution in [2.75, 3.05) is 5.75 Å². The first kappa shape index (κ1) is 12.1. The summed E-state index contributed by atoms with van der Waals surface area (Å²) in [6.45, 7) is 4.48. The lowest BCUT2D eigenvalue weighted by Gasteiger charge is -2.21. The first-order valence-electron chi connectivity index (χ1n) is 3.74. The van der Waals surface area contributed by atoms with Crippen molar-refractivity contribution < 1.29 is 13.2 Å². The molecule has 0 unspecified atom stereocenters. The average Bonchev–Trinajstić information content (AvgIpc) is 2.02. The van der Waals surface area contributed by atoms with Crippen LogP contribution in [0.25, 0.3) is 0 Å². The molecule has 0 aromatic heterocycles. The number of hydrogen-bond donors (Lipinski definition) is 0. The van der Waals surface area contributed by atoms with Gasteiger partial charge in [-0.1, -0.05) is 29.8 Å². The van der Waals surface area contributed by atoms with Gasteiger partial charge in [-0.05, 0) is 13.3 Å². The third kappa shape index (κ3) is 1.88. The molecule has 0 amide bonds. The number of halogens is 1. The molecule has 0 aromatic rings. The molecule has 0 bridgehead atoms. The minimum atomic E-state index is -3.34. The smallest absolute Gasteiger partial charge is 0.184 e. The van der Waals surface area contributed by atoms with Crippen molar-refractivity contribution in [1.82, 2.24) is 0 Å². The third-order valence-electron chi connectivity index (χ3n) is 1.85. The molecule has 0 saturated heterocycles. The van der Waals surface area contributed by atoms with Crippen LogP contribution < -0.4 is 0 Å². The molecule has 12 heavy (non-hydrogen) atoms. The molecule has 72 valence electrons. The number of rotatable bonds is 4. The Balaban J connectivity index is 5.17. The van der Waals surface area contributed by atoms with Gasteiger partial charge in [0.05, 0.1) is 0 Å². The van der Waals surface area contributed by atoms with E-state index in [0.717, 1.165) is 0 Å². The summed E-state index contributed by atoms with van der Waals surface area (Å²) in [5.41, 5.74) is 0. The zero-order chi connectivity index (χ0) is 9.99. The van der Waals surface area contributed by atoms with E-state index in [-0.39, 0.29) is 18.0 Å². The summed E-state index contributed by atoms with van der Waals surface area (Å²) < 4.78 is 21.5. The van der Waals surface area contributed by atoms with Crippen molar-refractivity contribution in [2.45, 2.75) is 30.8 Å². The Kier molecular flexibility index (Phi) is 3.90. The summed E-state index contributed by atoms with van der Waals surface area (Å²) >= 11 is 2.99. The number of ketones is 1. The first-order chi connectivity index (χ1) is 5.31. The first-order valence-corrected chi connectivity index (χ1v) is 6.18. The molecule has 0 aliphatic rings. The molecule has 3 nitrogen and oxygen atoms in total. The zero-order valence-electron chi connectivity index (χ0n) is 7.43. The Morgan fingerprint density at radius 3 is 1.92 bits per heavy atom. The van der Waals surface area contributed by atoms with E-state index in [2.05, 4.69) is 15.9 Å². The maximum Gasteiger partial charge on any atom is 0.184 e. The molecular weight excluding hydrogens is 244 g/mol. The molecule has 0 saturated carbocycles. The van der Waals surface area contributed by atoms with Crippen molar-refractivity contribution >= 4 is 31.6 Å². The van der Waals surface area contributed by atoms with E-state index in [1.807, 2.05) is 0 Å². The van der Waals surface area contributed by atoms with E-state index in [1.165, 1.54) is 13.8 Å². The lowest BCUT2D eigenvalue weighted by atomic mass is 10.2. The Hall–Kier alpha value is 0.1000. The standard InChI is InChI=1S/C7H13BrO3S/c1-4-7(8,6(3)9)12(10,11)5-2/h4-5H2,1-3H3/t7-/m1/s1. The van der Waals surface area contributed by atoms with Gasteiger partial charge in [-0.3, -0.25) is 4.79 Å². The molecule has 0 radical (unpaired) electrons. The summed E-state index contributed by atoms with van der Waals surface area (Å²) in [5, 5.41) is 0. The molecule has 5 heteroatoms. The molecule has 0 N–H and O–H groups in total. The fraction of sp³-hybridized carbons (Fsp3) is 0.857. The summed E-state index contributed by atoms with van der Waals surface area (Å²) in [6.07, 6.45) is 0.262. The normalized spacial score (nSPS) is 17.0. The van der Waals surface area contributed by atoms with Gasteiger partial charge >= 0.3 is 0 Å². The molecule has 1 atom stereocenters. The van der Waals surface area contributed by atoms with Crippen LogP contribution in [0.3, 0.4) is 0 Å². The van der Waals surface area contributed by atoms with Crippen LogP contribution in [0, 0.1) is 0 Å². The van der Waals surface area contributed by atoms with Crippen LogP contribution in [-0.4, -0.2) is 23.6 Å². The maximum absolute atomic E-state index is 11.4. The van der Waals surface area contributed by atoms with Crippen LogP contribution in [0.2, 0.25) is 0 Å². The second-order valence-electron chi connectivity index (χ2n) is 2.54. The Morgan fingerprint density at radius 2 is 1.83 bits per heavy atom. The lowest BCUT2D eigenvalue weighted by molar-refractivity contribution is -0.117. The van der Waals surface area contributed by atoms with Gasteiger partial charge in [0.1, 0.15) is 0 Å². The van der Waals surface area contributed by atoms with Crippen molar-refractivity contribution in [3.63, 3.8) is 0 Å². The SMILES string of the molecule is CC[C@](Br)(C(C)=O)S(=O)(=O)CC. The fourth-order valence-corrected chi connectivity index (χ4v) is 2.94. The Morgan fingerprint density at radius 1 is 1.42 bits per heavy atom. The quantitative estimate of drug-likeness (QED) is 0.717. The maximum atomic E-state index is 11.4. The largest absolute Gasteiger partial charge is 0.297 e. The predicted octanol–water partition coefficient (Wildman–Crippen LogP) is 1.51. The van der Waals surface area contributed by atoms with E-state index in [9.17, 15) is 13.2 Å². The summed E-state index contributed by atoms with van der Waals surface area (Å²) in [5.74, 6) is -0.377. The van der Waals surface area contributed by atoms with Gasteiger partial charge < -0.3 is 0 Å². The lowest BCUT2D eigenvalue weighted by Crippen LogP contribution is -2.39. The number of hydrogen-bond acceptors (Lipinski definition) is 3. The minimum absolute atomic E-state index is 0.0222. The highest BCUT2D eigenvalue weighted by Gasteiger charge is 2.42. The molecule has 0 fully saturated rings. The van der Waals surface area contributed by atoms with Gasteiger partial charge in [0, 0.05) is 5.75 Å². The number of carbonyl (C=O) groups excluding carboxylic acids is 1. The van der Waals surface area contributed by atoms with E-state index in [1.54, 1.807) is 6.92 Å². The average molecular weight is 257 g/mol. The Labute approximate surface area is 81.6 Å². The van der Waals surface area contributed by atoms with Crippen LogP contribution in [-0.2, 0) is 14.6 Å². The van der Waals surface area contributed by atoms with Crippen molar-refractivity contribution in [3.8, 4) is 0 Å². The van der Waals surface area contributed by atoms with E-state index < -0.39 is 13.5 Å². The van der Waals surface area contributed by atoms with Gasteiger partial charge in [-0.2, -0.15) is 0 Å². The molecule has 0 aliphatic carbocycles. The van der Waals surface area contributed by atoms with Crippen LogP contribution in [0.1, 0.15) is 27.2 Å². The van der Waals surface area contributed by atoms with Crippen LogP contribution in [0.4, 0.5) is 0 Å². The molecule has 0 aromatic carbocycles. The highest BCUT2D eigenvalue weighted by molar-refractivity contribution is 9.12. The monoisotopic (exact) mass is 256 g/mol. The predicted molar refractivity (Wildman–Crippen MR) is 52.1 cm³/mol. The summed E-state index contributed by atoms with van der Waals surface area (Å²) in [4.78, 5) is 11.1. The number of sulfone groups is 1. The van der Waals surface area contributed by atoms with Crippen molar-refractivity contribution in [1.29, 1.82) is 0 Å². The highest BCUT2D eigenvalue weighted by atomic mass is 79.9. The molecular formula is C7H13BrO3S. The molecule has 0 spiro atoms. The highest BCUT2D eigenvalue weighted by Crippen LogP contribution is 2.30. The second kappa shape index (κ2) is 3.87. The van der Waals surface area contributed by atoms with E-state index in [4.69, 9.17) is 0 Å². The van der Waals surface area contributed by atoms with Gasteiger partial charge in [-0.15, -0.1) is 0 Å². The van der Waals surface area contributed by atoms with Gasteiger partial charge in [0.15, 0.2) is 19.3 Å². The molecule has 0 heterocycles. The Bertz CT molecular complexity index is 270. The summed E-state index contributed by atoms with van der Waals surface area (Å²) in [6, 6.07) is 0. The fourth-order valence-electron chi connectivity index (χ4n) is 0.917. The zero-order valence-corrected chi connectivity index (χ0v) is 9.83. The van der Waals surface area contributed by atoms with E-state index in [0.29, 0.717) is 0 Å². The topological polar surface area (TPSA) is 51.2 Å². The van der Waals surface area contributed by atoms with Gasteiger partial charge in [-0.25, -0.2) is 8.42 Å². The van der Waals surface area contributed by atoms with Crippen LogP contribution >= 0.6 is 15.9 Å². The third-order valence-corrected chi connectivity index (χ3v) is 6.77. The molecule has 0 aliphatic heterocycles. The van der Waals surface area contributed by atoms with Gasteiger partial charge in [0.2, 0.25) is 0 Å².